The number of benzene rings is 2. The summed E-state index contributed by atoms with van der Waals surface area (Å²) in [6.07, 6.45) is 6.01. The van der Waals surface area contributed by atoms with E-state index in [2.05, 4.69) is 51.9 Å². The van der Waals surface area contributed by atoms with Crippen molar-refractivity contribution >= 4 is 33.4 Å². The summed E-state index contributed by atoms with van der Waals surface area (Å²) < 4.78 is 10.2. The summed E-state index contributed by atoms with van der Waals surface area (Å²) in [5.74, 6) is 0.810. The zero-order valence-electron chi connectivity index (χ0n) is 18.1. The molecule has 0 atom stereocenters. The molecule has 0 fully saturated rings. The summed E-state index contributed by atoms with van der Waals surface area (Å²) >= 11 is 5.97. The number of aryl methyl sites for hydroxylation is 2. The fourth-order valence-corrected chi connectivity index (χ4v) is 4.21. The van der Waals surface area contributed by atoms with Gasteiger partial charge >= 0.3 is 0 Å². The summed E-state index contributed by atoms with van der Waals surface area (Å²) in [5.41, 5.74) is 5.09. The van der Waals surface area contributed by atoms with Gasteiger partial charge in [-0.1, -0.05) is 30.2 Å². The van der Waals surface area contributed by atoms with Crippen LogP contribution in [0.3, 0.4) is 0 Å². The van der Waals surface area contributed by atoms with E-state index in [9.17, 15) is 0 Å². The van der Waals surface area contributed by atoms with Gasteiger partial charge in [-0.2, -0.15) is 0 Å². The Bertz CT molecular complexity index is 1390. The molecule has 0 amide bonds. The van der Waals surface area contributed by atoms with Crippen molar-refractivity contribution < 1.29 is 4.74 Å². The highest BCUT2D eigenvalue weighted by Gasteiger charge is 2.14. The third-order valence-corrected chi connectivity index (χ3v) is 5.93. The number of rotatable bonds is 7. The van der Waals surface area contributed by atoms with E-state index in [1.54, 1.807) is 4.68 Å². The quantitative estimate of drug-likeness (QED) is 0.303. The Morgan fingerprint density at radius 3 is 2.69 bits per heavy atom. The molecular weight excluding hydrogens is 422 g/mol. The highest BCUT2D eigenvalue weighted by molar-refractivity contribution is 6.30. The largest absolute Gasteiger partial charge is 0.487 e. The molecule has 6 nitrogen and oxygen atoms in total. The summed E-state index contributed by atoms with van der Waals surface area (Å²) in [7, 11) is 0. The topological polar surface area (TPSA) is 57.8 Å². The summed E-state index contributed by atoms with van der Waals surface area (Å²) in [6.45, 7) is 5.59. The molecule has 0 saturated carbocycles. The first-order chi connectivity index (χ1) is 15.6. The van der Waals surface area contributed by atoms with Crippen molar-refractivity contribution in [3.8, 4) is 11.4 Å². The van der Waals surface area contributed by atoms with Crippen molar-refractivity contribution in [3.05, 3.63) is 77.3 Å². The highest BCUT2D eigenvalue weighted by Crippen LogP contribution is 2.33. The maximum absolute atomic E-state index is 6.09. The van der Waals surface area contributed by atoms with Gasteiger partial charge in [0, 0.05) is 34.6 Å². The number of fused-ring (bicyclic) bond motifs is 3. The molecule has 0 spiro atoms. The van der Waals surface area contributed by atoms with Gasteiger partial charge in [0.05, 0.1) is 28.6 Å². The number of unbranched alkanes of at least 4 members (excludes halogenated alkanes) is 1. The monoisotopic (exact) mass is 445 g/mol. The lowest BCUT2D eigenvalue weighted by Gasteiger charge is -2.09. The van der Waals surface area contributed by atoms with Crippen LogP contribution < -0.4 is 4.74 Å². The Morgan fingerprint density at radius 1 is 1.03 bits per heavy atom. The van der Waals surface area contributed by atoms with Gasteiger partial charge in [-0.05, 0) is 55.8 Å². The molecule has 5 rings (SSSR count). The first-order valence-corrected chi connectivity index (χ1v) is 11.2. The van der Waals surface area contributed by atoms with Gasteiger partial charge < -0.3 is 9.30 Å². The lowest BCUT2D eigenvalue weighted by Crippen LogP contribution is -2.00. The highest BCUT2D eigenvalue weighted by atomic mass is 35.5. The molecule has 7 heteroatoms. The number of pyridine rings is 1. The maximum atomic E-state index is 6.09. The van der Waals surface area contributed by atoms with Gasteiger partial charge in [-0.25, -0.2) is 4.68 Å². The summed E-state index contributed by atoms with van der Waals surface area (Å²) in [4.78, 5) is 4.52. The van der Waals surface area contributed by atoms with Crippen LogP contribution in [0.5, 0.6) is 5.75 Å². The van der Waals surface area contributed by atoms with E-state index in [0.717, 1.165) is 42.2 Å². The van der Waals surface area contributed by atoms with Crippen molar-refractivity contribution in [1.82, 2.24) is 24.5 Å². The van der Waals surface area contributed by atoms with Crippen molar-refractivity contribution in [2.45, 2.75) is 39.8 Å². The van der Waals surface area contributed by atoms with E-state index in [1.165, 1.54) is 21.8 Å². The normalized spacial score (nSPS) is 11.5. The van der Waals surface area contributed by atoms with Crippen LogP contribution in [0.4, 0.5) is 0 Å². The molecule has 0 saturated heterocycles. The van der Waals surface area contributed by atoms with Crippen molar-refractivity contribution in [2.75, 3.05) is 0 Å². The Labute approximate surface area is 191 Å². The van der Waals surface area contributed by atoms with E-state index >= 15 is 0 Å². The van der Waals surface area contributed by atoms with E-state index in [4.69, 9.17) is 16.3 Å². The Balaban J connectivity index is 1.42. The second-order valence-electron chi connectivity index (χ2n) is 7.90. The summed E-state index contributed by atoms with van der Waals surface area (Å²) in [5, 5.41) is 11.6. The van der Waals surface area contributed by atoms with Gasteiger partial charge in [0.1, 0.15) is 18.1 Å². The third-order valence-electron chi connectivity index (χ3n) is 5.68. The van der Waals surface area contributed by atoms with Gasteiger partial charge in [0.15, 0.2) is 0 Å². The van der Waals surface area contributed by atoms with Crippen molar-refractivity contribution in [3.63, 3.8) is 0 Å². The number of hydrogen-bond acceptors (Lipinski definition) is 4. The molecule has 32 heavy (non-hydrogen) atoms. The van der Waals surface area contributed by atoms with E-state index in [0.29, 0.717) is 11.6 Å². The lowest BCUT2D eigenvalue weighted by atomic mass is 10.1. The van der Waals surface area contributed by atoms with Crippen LogP contribution >= 0.6 is 11.6 Å². The lowest BCUT2D eigenvalue weighted by molar-refractivity contribution is 0.301. The van der Waals surface area contributed by atoms with E-state index < -0.39 is 0 Å². The van der Waals surface area contributed by atoms with Crippen LogP contribution in [0.25, 0.3) is 27.5 Å². The molecular formula is C25H24ClN5O. The fourth-order valence-electron chi connectivity index (χ4n) is 4.08. The standard InChI is InChI=1S/C25H24ClN5O/c1-3-4-13-30-24-14-21(9-10-22(24)23-11-12-27-17(2)25(23)30)32-16-19-15-31(29-28-19)20-7-5-18(26)6-8-20/h5-12,14-15H,3-4,13,16H2,1-2H3. The zero-order chi connectivity index (χ0) is 22.1. The number of aromatic nitrogens is 5. The molecule has 0 aliphatic carbocycles. The molecule has 0 bridgehead atoms. The average Bonchev–Trinajstić information content (AvgIpc) is 3.40. The number of hydrogen-bond donors (Lipinski definition) is 0. The smallest absolute Gasteiger partial charge is 0.134 e. The van der Waals surface area contributed by atoms with Gasteiger partial charge in [0.25, 0.3) is 0 Å². The minimum Gasteiger partial charge on any atom is -0.487 e. The molecule has 162 valence electrons. The van der Waals surface area contributed by atoms with Crippen LogP contribution in [0.15, 0.2) is 60.9 Å². The number of nitrogens with zero attached hydrogens (tertiary/aromatic N) is 5. The number of ether oxygens (including phenoxy) is 1. The molecule has 0 aliphatic heterocycles. The molecule has 3 aromatic heterocycles. The predicted octanol–water partition coefficient (Wildman–Crippen LogP) is 6.11. The molecule has 0 radical (unpaired) electrons. The van der Waals surface area contributed by atoms with Crippen LogP contribution in [0.2, 0.25) is 5.02 Å². The average molecular weight is 446 g/mol. The molecule has 5 aromatic rings. The SMILES string of the molecule is CCCCn1c2cc(OCc3cn(-c4ccc(Cl)cc4)nn3)ccc2c2ccnc(C)c21. The first-order valence-electron chi connectivity index (χ1n) is 10.8. The molecule has 0 aliphatic rings. The maximum Gasteiger partial charge on any atom is 0.134 e. The number of halogens is 1. The van der Waals surface area contributed by atoms with Crippen LogP contribution in [-0.2, 0) is 13.2 Å². The second kappa shape index (κ2) is 8.63. The Kier molecular flexibility index (Phi) is 5.53. The molecule has 2 aromatic carbocycles. The van der Waals surface area contributed by atoms with E-state index in [-0.39, 0.29) is 0 Å². The minimum atomic E-state index is 0.342. The van der Waals surface area contributed by atoms with Gasteiger partial charge in [0.2, 0.25) is 0 Å². The van der Waals surface area contributed by atoms with Crippen LogP contribution in [0.1, 0.15) is 31.2 Å². The third kappa shape index (κ3) is 3.82. The van der Waals surface area contributed by atoms with E-state index in [1.807, 2.05) is 42.7 Å². The minimum absolute atomic E-state index is 0.342. The molecule has 3 heterocycles. The zero-order valence-corrected chi connectivity index (χ0v) is 18.9. The Morgan fingerprint density at radius 2 is 1.88 bits per heavy atom. The van der Waals surface area contributed by atoms with Gasteiger partial charge in [-0.15, -0.1) is 5.10 Å². The molecule has 0 unspecified atom stereocenters. The Hall–Kier alpha value is -3.38. The van der Waals surface area contributed by atoms with Crippen molar-refractivity contribution in [2.24, 2.45) is 0 Å². The van der Waals surface area contributed by atoms with Gasteiger partial charge in [-0.3, -0.25) is 4.98 Å². The first kappa shape index (κ1) is 20.5. The van der Waals surface area contributed by atoms with Crippen LogP contribution in [-0.4, -0.2) is 24.5 Å². The summed E-state index contributed by atoms with van der Waals surface area (Å²) in [6, 6.07) is 15.8. The fraction of sp³-hybridized carbons (Fsp3) is 0.240. The van der Waals surface area contributed by atoms with Crippen molar-refractivity contribution in [1.29, 1.82) is 0 Å². The molecule has 0 N–H and O–H groups in total. The van der Waals surface area contributed by atoms with Crippen LogP contribution in [0, 0.1) is 6.92 Å². The second-order valence-corrected chi connectivity index (χ2v) is 8.33. The predicted molar refractivity (Wildman–Crippen MR) is 128 cm³/mol.